The molecule has 0 aliphatic rings. The fraction of sp³-hybridized carbons (Fsp3) is 0.0526. The van der Waals surface area contributed by atoms with E-state index in [9.17, 15) is 0 Å². The first-order valence-electron chi connectivity index (χ1n) is 14.3. The largest absolute Gasteiger partial charge is 0.252 e. The molecule has 0 saturated carbocycles. The first-order chi connectivity index (χ1) is 21.5. The van der Waals surface area contributed by atoms with Crippen LogP contribution in [-0.4, -0.2) is 32.5 Å². The van der Waals surface area contributed by atoms with Crippen LogP contribution in [-0.2, 0) is 0 Å². The molecule has 6 heteroatoms. The molecule has 0 fully saturated rings. The van der Waals surface area contributed by atoms with E-state index < -0.39 is 0 Å². The summed E-state index contributed by atoms with van der Waals surface area (Å²) in [6, 6.07) is 31.3. The summed E-state index contributed by atoms with van der Waals surface area (Å²) in [7, 11) is 0. The number of nitrogens with zero attached hydrogens (tertiary/aromatic N) is 6. The lowest BCUT2D eigenvalue weighted by molar-refractivity contribution is 1.18. The lowest BCUT2D eigenvalue weighted by Gasteiger charge is -2.14. The van der Waals surface area contributed by atoms with Crippen molar-refractivity contribution in [2.24, 2.45) is 9.98 Å². The molecule has 7 rings (SSSR count). The first-order valence-corrected chi connectivity index (χ1v) is 14.3. The standard InChI is InChI=1S/C38H28N6/c1-5-40-37(39-4)27-11-6-9-25(21-27)33-19-23(2)43-35-29-14-16-32-34(20-24(3)44-36(32)30(29)13-15-31(33)35)26-10-7-12-28(22-26)38-41-17-8-18-42-38/h5-22H,1,4H2,2-3H3. The number of aliphatic imine (C=N–C) groups is 2. The normalized spacial score (nSPS) is 11.7. The highest BCUT2D eigenvalue weighted by Gasteiger charge is 2.16. The van der Waals surface area contributed by atoms with Crippen LogP contribution >= 0.6 is 0 Å². The Labute approximate surface area is 255 Å². The molecule has 0 atom stereocenters. The van der Waals surface area contributed by atoms with Crippen molar-refractivity contribution in [3.05, 3.63) is 133 Å². The van der Waals surface area contributed by atoms with Crippen LogP contribution in [0, 0.1) is 13.8 Å². The van der Waals surface area contributed by atoms with Gasteiger partial charge in [0.25, 0.3) is 0 Å². The Balaban J connectivity index is 1.43. The van der Waals surface area contributed by atoms with E-state index in [1.807, 2.05) is 38.1 Å². The summed E-state index contributed by atoms with van der Waals surface area (Å²) in [6.45, 7) is 11.5. The monoisotopic (exact) mass is 568 g/mol. The Morgan fingerprint density at radius 2 is 1.18 bits per heavy atom. The summed E-state index contributed by atoms with van der Waals surface area (Å²) in [4.78, 5) is 27.4. The average Bonchev–Trinajstić information content (AvgIpc) is 3.06. The molecule has 0 unspecified atom stereocenters. The van der Waals surface area contributed by atoms with Gasteiger partial charge in [-0.1, -0.05) is 67.2 Å². The van der Waals surface area contributed by atoms with Gasteiger partial charge in [0, 0.05) is 62.7 Å². The van der Waals surface area contributed by atoms with Crippen LogP contribution in [0.25, 0.3) is 66.2 Å². The average molecular weight is 569 g/mol. The Bertz CT molecular complexity index is 2290. The summed E-state index contributed by atoms with van der Waals surface area (Å²) in [5, 5.41) is 4.28. The number of fused-ring (bicyclic) bond motifs is 5. The second-order valence-corrected chi connectivity index (χ2v) is 10.7. The zero-order valence-electron chi connectivity index (χ0n) is 24.5. The minimum Gasteiger partial charge on any atom is -0.252 e. The minimum absolute atomic E-state index is 0.535. The van der Waals surface area contributed by atoms with Gasteiger partial charge in [-0.05, 0) is 73.2 Å². The van der Waals surface area contributed by atoms with Gasteiger partial charge in [0.2, 0.25) is 0 Å². The van der Waals surface area contributed by atoms with Crippen molar-refractivity contribution in [2.75, 3.05) is 0 Å². The lowest BCUT2D eigenvalue weighted by Crippen LogP contribution is -1.97. The van der Waals surface area contributed by atoms with E-state index >= 15 is 0 Å². The highest BCUT2D eigenvalue weighted by molar-refractivity contribution is 6.19. The molecule has 0 radical (unpaired) electrons. The molecule has 7 aromatic rings. The van der Waals surface area contributed by atoms with Crippen LogP contribution in [0.15, 0.2) is 126 Å². The topological polar surface area (TPSA) is 76.3 Å². The van der Waals surface area contributed by atoms with Gasteiger partial charge in [-0.25, -0.2) is 20.0 Å². The van der Waals surface area contributed by atoms with Crippen LogP contribution in [0.1, 0.15) is 17.0 Å². The number of benzene rings is 4. The predicted molar refractivity (Wildman–Crippen MR) is 182 cm³/mol. The maximum absolute atomic E-state index is 5.05. The summed E-state index contributed by atoms with van der Waals surface area (Å²) in [5.74, 6) is 1.24. The van der Waals surface area contributed by atoms with Gasteiger partial charge in [-0.15, -0.1) is 0 Å². The van der Waals surface area contributed by atoms with Crippen LogP contribution in [0.2, 0.25) is 0 Å². The number of aromatic nitrogens is 4. The second kappa shape index (κ2) is 11.1. The molecule has 210 valence electrons. The van der Waals surface area contributed by atoms with Crippen molar-refractivity contribution in [3.8, 4) is 33.6 Å². The van der Waals surface area contributed by atoms with Gasteiger partial charge in [0.05, 0.1) is 11.0 Å². The van der Waals surface area contributed by atoms with Crippen LogP contribution < -0.4 is 0 Å². The number of hydrogen-bond acceptors (Lipinski definition) is 5. The van der Waals surface area contributed by atoms with E-state index in [-0.39, 0.29) is 0 Å². The first kappa shape index (κ1) is 27.0. The van der Waals surface area contributed by atoms with Gasteiger partial charge in [-0.2, -0.15) is 0 Å². The van der Waals surface area contributed by atoms with Crippen molar-refractivity contribution in [1.29, 1.82) is 0 Å². The van der Waals surface area contributed by atoms with Crippen LogP contribution in [0.5, 0.6) is 0 Å². The molecule has 0 bridgehead atoms. The Hall–Kier alpha value is -5.88. The number of amidine groups is 1. The minimum atomic E-state index is 0.535. The maximum atomic E-state index is 5.05. The van der Waals surface area contributed by atoms with Crippen LogP contribution in [0.4, 0.5) is 0 Å². The molecule has 0 aliphatic carbocycles. The van der Waals surface area contributed by atoms with Crippen molar-refractivity contribution < 1.29 is 0 Å². The molecular weight excluding hydrogens is 540 g/mol. The second-order valence-electron chi connectivity index (χ2n) is 10.7. The van der Waals surface area contributed by atoms with Crippen molar-refractivity contribution in [1.82, 2.24) is 19.9 Å². The Morgan fingerprint density at radius 3 is 1.77 bits per heavy atom. The van der Waals surface area contributed by atoms with E-state index in [0.717, 1.165) is 77.3 Å². The summed E-state index contributed by atoms with van der Waals surface area (Å²) in [5.41, 5.74) is 9.99. The van der Waals surface area contributed by atoms with Crippen molar-refractivity contribution >= 4 is 45.1 Å². The molecule has 0 saturated heterocycles. The SMILES string of the molecule is C=CN=C(N=C)c1cccc(-c2cc(C)nc3c2ccc2c3ccc3c(-c4cccc(-c5ncccn5)c4)cc(C)nc32)c1. The van der Waals surface area contributed by atoms with Crippen LogP contribution in [0.3, 0.4) is 0 Å². The number of aryl methyl sites for hydroxylation is 2. The highest BCUT2D eigenvalue weighted by atomic mass is 14.9. The van der Waals surface area contributed by atoms with Crippen molar-refractivity contribution in [2.45, 2.75) is 13.8 Å². The van der Waals surface area contributed by atoms with E-state index in [0.29, 0.717) is 11.7 Å². The lowest BCUT2D eigenvalue weighted by atomic mass is 9.93. The molecule has 0 N–H and O–H groups in total. The molecular formula is C38H28N6. The zero-order chi connectivity index (χ0) is 30.2. The van der Waals surface area contributed by atoms with Crippen molar-refractivity contribution in [3.63, 3.8) is 0 Å². The highest BCUT2D eigenvalue weighted by Crippen LogP contribution is 2.38. The summed E-state index contributed by atoms with van der Waals surface area (Å²) >= 11 is 0. The third-order valence-electron chi connectivity index (χ3n) is 7.80. The molecule has 4 aromatic carbocycles. The molecule has 0 amide bonds. The summed E-state index contributed by atoms with van der Waals surface area (Å²) in [6.07, 6.45) is 5.01. The third kappa shape index (κ3) is 4.72. The van der Waals surface area contributed by atoms with Gasteiger partial charge in [0.15, 0.2) is 11.7 Å². The summed E-state index contributed by atoms with van der Waals surface area (Å²) < 4.78 is 0. The smallest absolute Gasteiger partial charge is 0.159 e. The number of rotatable bonds is 5. The molecule has 0 aliphatic heterocycles. The molecule has 0 spiro atoms. The quantitative estimate of drug-likeness (QED) is 0.118. The Kier molecular flexibility index (Phi) is 6.79. The van der Waals surface area contributed by atoms with Gasteiger partial charge >= 0.3 is 0 Å². The fourth-order valence-corrected chi connectivity index (χ4v) is 5.91. The van der Waals surface area contributed by atoms with Gasteiger partial charge < -0.3 is 0 Å². The maximum Gasteiger partial charge on any atom is 0.159 e. The number of pyridine rings is 2. The molecule has 44 heavy (non-hydrogen) atoms. The van der Waals surface area contributed by atoms with E-state index in [1.54, 1.807) is 12.4 Å². The van der Waals surface area contributed by atoms with E-state index in [2.05, 4.69) is 100.0 Å². The zero-order valence-corrected chi connectivity index (χ0v) is 24.5. The predicted octanol–water partition coefficient (Wildman–Crippen LogP) is 8.93. The Morgan fingerprint density at radius 1 is 0.636 bits per heavy atom. The van der Waals surface area contributed by atoms with Gasteiger partial charge in [0.1, 0.15) is 0 Å². The number of hydrogen-bond donors (Lipinski definition) is 0. The van der Waals surface area contributed by atoms with Gasteiger partial charge in [-0.3, -0.25) is 9.97 Å². The fourth-order valence-electron chi connectivity index (χ4n) is 5.91. The molecule has 6 nitrogen and oxygen atoms in total. The van der Waals surface area contributed by atoms with E-state index in [1.165, 1.54) is 6.20 Å². The van der Waals surface area contributed by atoms with E-state index in [4.69, 9.17) is 9.97 Å². The molecule has 3 aromatic heterocycles. The molecule has 3 heterocycles. The third-order valence-corrected chi connectivity index (χ3v) is 7.80.